The summed E-state index contributed by atoms with van der Waals surface area (Å²) in [4.78, 5) is 12.6. The van der Waals surface area contributed by atoms with Crippen molar-refractivity contribution in [3.05, 3.63) is 66.4 Å². The maximum Gasteiger partial charge on any atom is 0.291 e. The molecule has 3 heterocycles. The number of ether oxygens (including phenoxy) is 1. The summed E-state index contributed by atoms with van der Waals surface area (Å²) in [5, 5.41) is 6.80. The molecule has 1 N–H and O–H groups in total. The van der Waals surface area contributed by atoms with Crippen molar-refractivity contribution in [2.45, 2.75) is 11.4 Å². The van der Waals surface area contributed by atoms with Gasteiger partial charge >= 0.3 is 0 Å². The minimum Gasteiger partial charge on any atom is -0.454 e. The molecule has 1 aliphatic heterocycles. The Morgan fingerprint density at radius 3 is 2.55 bits per heavy atom. The van der Waals surface area contributed by atoms with Crippen LogP contribution in [0.5, 0.6) is 0 Å². The van der Waals surface area contributed by atoms with Gasteiger partial charge in [-0.25, -0.2) is 8.42 Å². The van der Waals surface area contributed by atoms with E-state index in [1.165, 1.54) is 16.4 Å². The number of nitrogens with one attached hydrogen (secondary N) is 1. The van der Waals surface area contributed by atoms with Crippen LogP contribution in [0.2, 0.25) is 0 Å². The molecule has 3 aromatic rings. The number of hydrogen-bond donors (Lipinski definition) is 1. The summed E-state index contributed by atoms with van der Waals surface area (Å²) in [6, 6.07) is 11.2. The minimum absolute atomic E-state index is 0.164. The minimum atomic E-state index is -3.57. The van der Waals surface area contributed by atoms with Gasteiger partial charge in [-0.15, -0.1) is 0 Å². The number of hydrogen-bond acceptors (Lipinski definition) is 6. The van der Waals surface area contributed by atoms with Gasteiger partial charge in [0.1, 0.15) is 5.76 Å². The fourth-order valence-electron chi connectivity index (χ4n) is 2.98. The Balaban J connectivity index is 1.41. The lowest BCUT2D eigenvalue weighted by Gasteiger charge is -2.26. The van der Waals surface area contributed by atoms with Crippen LogP contribution in [-0.2, 0) is 21.3 Å². The van der Waals surface area contributed by atoms with Crippen LogP contribution in [0, 0.1) is 0 Å². The van der Waals surface area contributed by atoms with Crippen LogP contribution >= 0.6 is 0 Å². The van der Waals surface area contributed by atoms with E-state index in [0.717, 1.165) is 0 Å². The lowest BCUT2D eigenvalue weighted by Crippen LogP contribution is -2.40. The zero-order valence-corrected chi connectivity index (χ0v) is 16.3. The number of aromatic nitrogens is 2. The lowest BCUT2D eigenvalue weighted by molar-refractivity contribution is 0.0730. The van der Waals surface area contributed by atoms with Crippen LogP contribution < -0.4 is 5.32 Å². The monoisotopic (exact) mass is 416 g/mol. The molecule has 1 aromatic carbocycles. The summed E-state index contributed by atoms with van der Waals surface area (Å²) in [5.41, 5.74) is 0.473. The number of carbonyl (C=O) groups excluding carboxylic acids is 1. The summed E-state index contributed by atoms with van der Waals surface area (Å²) >= 11 is 0. The molecular weight excluding hydrogens is 396 g/mol. The smallest absolute Gasteiger partial charge is 0.291 e. The first kappa shape index (κ1) is 19.4. The van der Waals surface area contributed by atoms with E-state index in [0.29, 0.717) is 44.3 Å². The van der Waals surface area contributed by atoms with Gasteiger partial charge in [0.2, 0.25) is 10.0 Å². The first-order valence-corrected chi connectivity index (χ1v) is 10.5. The molecule has 0 unspecified atom stereocenters. The second-order valence-corrected chi connectivity index (χ2v) is 8.40. The lowest BCUT2D eigenvalue weighted by atomic mass is 10.3. The number of rotatable bonds is 6. The van der Waals surface area contributed by atoms with E-state index >= 15 is 0 Å². The Morgan fingerprint density at radius 1 is 1.10 bits per heavy atom. The first-order chi connectivity index (χ1) is 14.0. The standard InChI is InChI=1S/C19H20N4O5S/c24-19(18-7-4-16(28-18)14-22-9-1-8-20-22)21-15-2-5-17(6-3-15)29(25,26)23-10-12-27-13-11-23/h1-9H,10-14H2,(H,21,24). The van der Waals surface area contributed by atoms with Crippen molar-refractivity contribution in [2.24, 2.45) is 0 Å². The first-order valence-electron chi connectivity index (χ1n) is 9.08. The predicted octanol–water partition coefficient (Wildman–Crippen LogP) is 1.80. The topological polar surface area (TPSA) is 107 Å². The van der Waals surface area contributed by atoms with Crippen molar-refractivity contribution in [1.82, 2.24) is 14.1 Å². The summed E-state index contributed by atoms with van der Waals surface area (Å²) in [6.07, 6.45) is 3.47. The summed E-state index contributed by atoms with van der Waals surface area (Å²) < 4.78 is 39.1. The number of morpholine rings is 1. The number of carbonyl (C=O) groups is 1. The predicted molar refractivity (Wildman–Crippen MR) is 104 cm³/mol. The van der Waals surface area contributed by atoms with Crippen LogP contribution in [0.15, 0.2) is 64.2 Å². The van der Waals surface area contributed by atoms with E-state index < -0.39 is 15.9 Å². The molecule has 0 bridgehead atoms. The van der Waals surface area contributed by atoms with Gasteiger partial charge in [0, 0.05) is 31.2 Å². The molecule has 29 heavy (non-hydrogen) atoms. The van der Waals surface area contributed by atoms with Gasteiger partial charge < -0.3 is 14.5 Å². The molecule has 1 aliphatic rings. The van der Waals surface area contributed by atoms with Crippen LogP contribution in [-0.4, -0.2) is 54.7 Å². The Morgan fingerprint density at radius 2 is 1.86 bits per heavy atom. The highest BCUT2D eigenvalue weighted by Gasteiger charge is 2.26. The molecule has 0 spiro atoms. The highest BCUT2D eigenvalue weighted by molar-refractivity contribution is 7.89. The molecule has 2 aromatic heterocycles. The fraction of sp³-hybridized carbons (Fsp3) is 0.263. The Kier molecular flexibility index (Phi) is 5.47. The number of benzene rings is 1. The zero-order valence-electron chi connectivity index (χ0n) is 15.5. The van der Waals surface area contributed by atoms with Crippen LogP contribution in [0.25, 0.3) is 0 Å². The van der Waals surface area contributed by atoms with Crippen molar-refractivity contribution in [3.8, 4) is 0 Å². The maximum absolute atomic E-state index is 12.6. The third-order valence-electron chi connectivity index (χ3n) is 4.48. The zero-order chi connectivity index (χ0) is 20.3. The third-order valence-corrected chi connectivity index (χ3v) is 6.40. The van der Waals surface area contributed by atoms with Crippen LogP contribution in [0.4, 0.5) is 5.69 Å². The van der Waals surface area contributed by atoms with Gasteiger partial charge in [-0.1, -0.05) is 0 Å². The second-order valence-electron chi connectivity index (χ2n) is 6.46. The average Bonchev–Trinajstić information content (AvgIpc) is 3.42. The molecule has 0 radical (unpaired) electrons. The molecule has 1 amide bonds. The molecule has 10 heteroatoms. The van der Waals surface area contributed by atoms with Gasteiger partial charge in [0.25, 0.3) is 5.91 Å². The molecule has 152 valence electrons. The molecular formula is C19H20N4O5S. The van der Waals surface area contributed by atoms with Gasteiger partial charge in [-0.3, -0.25) is 9.48 Å². The number of anilines is 1. The molecule has 1 fully saturated rings. The fourth-order valence-corrected chi connectivity index (χ4v) is 4.39. The van der Waals surface area contributed by atoms with Crippen LogP contribution in [0.3, 0.4) is 0 Å². The third kappa shape index (κ3) is 4.39. The van der Waals surface area contributed by atoms with Crippen molar-refractivity contribution in [1.29, 1.82) is 0 Å². The van der Waals surface area contributed by atoms with Crippen molar-refractivity contribution in [3.63, 3.8) is 0 Å². The number of sulfonamides is 1. The van der Waals surface area contributed by atoms with E-state index in [1.54, 1.807) is 47.4 Å². The Bertz CT molecular complexity index is 1070. The van der Waals surface area contributed by atoms with E-state index in [1.807, 2.05) is 0 Å². The van der Waals surface area contributed by atoms with Crippen molar-refractivity contribution >= 4 is 21.6 Å². The van der Waals surface area contributed by atoms with Gasteiger partial charge in [-0.05, 0) is 42.5 Å². The van der Waals surface area contributed by atoms with Crippen molar-refractivity contribution in [2.75, 3.05) is 31.6 Å². The molecule has 0 saturated carbocycles. The summed E-state index contributed by atoms with van der Waals surface area (Å²) in [5.74, 6) is 0.350. The molecule has 0 aliphatic carbocycles. The highest BCUT2D eigenvalue weighted by Crippen LogP contribution is 2.20. The largest absolute Gasteiger partial charge is 0.454 e. The van der Waals surface area contributed by atoms with Crippen LogP contribution in [0.1, 0.15) is 16.3 Å². The maximum atomic E-state index is 12.6. The number of nitrogens with zero attached hydrogens (tertiary/aromatic N) is 3. The summed E-state index contributed by atoms with van der Waals surface area (Å²) in [7, 11) is -3.57. The molecule has 9 nitrogen and oxygen atoms in total. The Labute approximate surface area is 167 Å². The molecule has 4 rings (SSSR count). The SMILES string of the molecule is O=C(Nc1ccc(S(=O)(=O)N2CCOCC2)cc1)c1ccc(Cn2cccn2)o1. The Hall–Kier alpha value is -2.95. The average molecular weight is 416 g/mol. The van der Waals surface area contributed by atoms with Gasteiger partial charge in [-0.2, -0.15) is 9.40 Å². The van der Waals surface area contributed by atoms with E-state index in [9.17, 15) is 13.2 Å². The van der Waals surface area contributed by atoms with Crippen molar-refractivity contribution < 1.29 is 22.4 Å². The van der Waals surface area contributed by atoms with E-state index in [4.69, 9.17) is 9.15 Å². The number of amides is 1. The van der Waals surface area contributed by atoms with E-state index in [-0.39, 0.29) is 10.7 Å². The second kappa shape index (κ2) is 8.19. The van der Waals surface area contributed by atoms with Gasteiger partial charge in [0.15, 0.2) is 5.76 Å². The molecule has 0 atom stereocenters. The quantitative estimate of drug-likeness (QED) is 0.657. The van der Waals surface area contributed by atoms with Gasteiger partial charge in [0.05, 0.1) is 24.7 Å². The number of furan rings is 1. The molecule has 1 saturated heterocycles. The van der Waals surface area contributed by atoms with E-state index in [2.05, 4.69) is 10.4 Å². The normalized spacial score (nSPS) is 15.3. The summed E-state index contributed by atoms with van der Waals surface area (Å²) in [6.45, 7) is 1.87. The highest BCUT2D eigenvalue weighted by atomic mass is 32.2.